The molecule has 0 unspecified atom stereocenters. The number of halogens is 1. The fourth-order valence-electron chi connectivity index (χ4n) is 3.56. The molecule has 0 saturated carbocycles. The standard InChI is InChI=1S/C24H15ClS/c25-22-15-5-4-10-18(22)19-12-7-14-21-20-13-6-11-17(23(20)26-24(19)21)16-8-2-1-3-9-16/h1-15H. The van der Waals surface area contributed by atoms with Crippen molar-refractivity contribution in [1.82, 2.24) is 0 Å². The van der Waals surface area contributed by atoms with Crippen molar-refractivity contribution in [2.75, 3.05) is 0 Å². The van der Waals surface area contributed by atoms with Gasteiger partial charge in [-0.3, -0.25) is 0 Å². The molecule has 0 aliphatic rings. The zero-order valence-electron chi connectivity index (χ0n) is 13.9. The highest BCUT2D eigenvalue weighted by Gasteiger charge is 2.14. The number of benzene rings is 4. The highest BCUT2D eigenvalue weighted by atomic mass is 35.5. The molecule has 0 bridgehead atoms. The lowest BCUT2D eigenvalue weighted by Crippen LogP contribution is -1.79. The third-order valence-electron chi connectivity index (χ3n) is 4.77. The summed E-state index contributed by atoms with van der Waals surface area (Å²) in [7, 11) is 0. The second-order valence-electron chi connectivity index (χ2n) is 6.31. The first kappa shape index (κ1) is 15.6. The van der Waals surface area contributed by atoms with Crippen LogP contribution in [0, 0.1) is 0 Å². The molecule has 0 atom stereocenters. The van der Waals surface area contributed by atoms with Crippen LogP contribution in [-0.4, -0.2) is 0 Å². The Labute approximate surface area is 161 Å². The van der Waals surface area contributed by atoms with Crippen LogP contribution in [0.25, 0.3) is 42.4 Å². The van der Waals surface area contributed by atoms with E-state index in [1.54, 1.807) is 0 Å². The van der Waals surface area contributed by atoms with Crippen LogP contribution in [0.2, 0.25) is 5.02 Å². The predicted molar refractivity (Wildman–Crippen MR) is 115 cm³/mol. The van der Waals surface area contributed by atoms with Crippen molar-refractivity contribution < 1.29 is 0 Å². The maximum atomic E-state index is 6.49. The van der Waals surface area contributed by atoms with E-state index >= 15 is 0 Å². The van der Waals surface area contributed by atoms with Crippen LogP contribution in [0.1, 0.15) is 0 Å². The third-order valence-corrected chi connectivity index (χ3v) is 6.39. The average molecular weight is 371 g/mol. The van der Waals surface area contributed by atoms with Crippen molar-refractivity contribution in [3.8, 4) is 22.3 Å². The molecule has 26 heavy (non-hydrogen) atoms. The number of fused-ring (bicyclic) bond motifs is 3. The van der Waals surface area contributed by atoms with E-state index in [2.05, 4.69) is 72.8 Å². The van der Waals surface area contributed by atoms with Crippen LogP contribution < -0.4 is 0 Å². The zero-order chi connectivity index (χ0) is 17.5. The summed E-state index contributed by atoms with van der Waals surface area (Å²) in [5.41, 5.74) is 4.83. The van der Waals surface area contributed by atoms with E-state index < -0.39 is 0 Å². The van der Waals surface area contributed by atoms with Crippen molar-refractivity contribution in [1.29, 1.82) is 0 Å². The Kier molecular flexibility index (Phi) is 3.77. The second kappa shape index (κ2) is 6.28. The van der Waals surface area contributed by atoms with Crippen molar-refractivity contribution in [3.05, 3.63) is 96.0 Å². The Balaban J connectivity index is 1.86. The molecule has 5 aromatic rings. The molecule has 0 aliphatic carbocycles. The van der Waals surface area contributed by atoms with E-state index in [9.17, 15) is 0 Å². The molecule has 0 radical (unpaired) electrons. The molecule has 5 rings (SSSR count). The van der Waals surface area contributed by atoms with Crippen molar-refractivity contribution in [2.24, 2.45) is 0 Å². The topological polar surface area (TPSA) is 0 Å². The lowest BCUT2D eigenvalue weighted by Gasteiger charge is -2.05. The minimum absolute atomic E-state index is 0.792. The quantitative estimate of drug-likeness (QED) is 0.295. The van der Waals surface area contributed by atoms with Gasteiger partial charge < -0.3 is 0 Å². The van der Waals surface area contributed by atoms with Gasteiger partial charge in [0.2, 0.25) is 0 Å². The molecule has 124 valence electrons. The molecule has 1 heterocycles. The van der Waals surface area contributed by atoms with E-state index in [0.717, 1.165) is 10.6 Å². The minimum atomic E-state index is 0.792. The van der Waals surface area contributed by atoms with Crippen molar-refractivity contribution >= 4 is 43.1 Å². The van der Waals surface area contributed by atoms with Crippen LogP contribution in [0.15, 0.2) is 91.0 Å². The fourth-order valence-corrected chi connectivity index (χ4v) is 5.16. The molecule has 1 aromatic heterocycles. The van der Waals surface area contributed by atoms with Crippen LogP contribution in [0.3, 0.4) is 0 Å². The summed E-state index contributed by atoms with van der Waals surface area (Å²) in [6.45, 7) is 0. The summed E-state index contributed by atoms with van der Waals surface area (Å²) in [6, 6.07) is 31.8. The Morgan fingerprint density at radius 2 is 1.08 bits per heavy atom. The summed E-state index contributed by atoms with van der Waals surface area (Å²) in [5.74, 6) is 0. The first-order valence-corrected chi connectivity index (χ1v) is 9.77. The Morgan fingerprint density at radius 1 is 0.500 bits per heavy atom. The molecular weight excluding hydrogens is 356 g/mol. The van der Waals surface area contributed by atoms with Gasteiger partial charge in [0.05, 0.1) is 0 Å². The lowest BCUT2D eigenvalue weighted by atomic mass is 10.0. The molecule has 0 fully saturated rings. The number of hydrogen-bond donors (Lipinski definition) is 0. The van der Waals surface area contributed by atoms with E-state index in [4.69, 9.17) is 11.6 Å². The monoisotopic (exact) mass is 370 g/mol. The van der Waals surface area contributed by atoms with Gasteiger partial charge in [0, 0.05) is 36.3 Å². The van der Waals surface area contributed by atoms with Gasteiger partial charge in [0.1, 0.15) is 0 Å². The van der Waals surface area contributed by atoms with E-state index in [-0.39, 0.29) is 0 Å². The molecule has 0 amide bonds. The van der Waals surface area contributed by atoms with Crippen LogP contribution >= 0.6 is 22.9 Å². The van der Waals surface area contributed by atoms with Gasteiger partial charge in [-0.15, -0.1) is 11.3 Å². The Morgan fingerprint density at radius 3 is 1.81 bits per heavy atom. The van der Waals surface area contributed by atoms with Gasteiger partial charge in [0.15, 0.2) is 0 Å². The number of rotatable bonds is 2. The number of hydrogen-bond acceptors (Lipinski definition) is 1. The van der Waals surface area contributed by atoms with Gasteiger partial charge >= 0.3 is 0 Å². The van der Waals surface area contributed by atoms with Crippen LogP contribution in [0.4, 0.5) is 0 Å². The SMILES string of the molecule is Clc1ccccc1-c1cccc2c1sc1c(-c3ccccc3)cccc12. The van der Waals surface area contributed by atoms with Crippen molar-refractivity contribution in [2.45, 2.75) is 0 Å². The first-order valence-electron chi connectivity index (χ1n) is 8.57. The number of thiophene rings is 1. The minimum Gasteiger partial charge on any atom is -0.134 e. The predicted octanol–water partition coefficient (Wildman–Crippen LogP) is 8.04. The summed E-state index contributed by atoms with van der Waals surface area (Å²) in [5, 5.41) is 3.39. The molecule has 0 nitrogen and oxygen atoms in total. The van der Waals surface area contributed by atoms with Gasteiger partial charge in [-0.25, -0.2) is 0 Å². The largest absolute Gasteiger partial charge is 0.134 e. The maximum Gasteiger partial charge on any atom is 0.0484 e. The summed E-state index contributed by atoms with van der Waals surface area (Å²) in [4.78, 5) is 0. The van der Waals surface area contributed by atoms with E-state index in [1.165, 1.54) is 36.9 Å². The highest BCUT2D eigenvalue weighted by molar-refractivity contribution is 7.26. The molecule has 0 saturated heterocycles. The fraction of sp³-hybridized carbons (Fsp3) is 0. The van der Waals surface area contributed by atoms with E-state index in [1.807, 2.05) is 29.5 Å². The molecule has 4 aromatic carbocycles. The second-order valence-corrected chi connectivity index (χ2v) is 7.74. The maximum absolute atomic E-state index is 6.49. The summed E-state index contributed by atoms with van der Waals surface area (Å²) >= 11 is 8.34. The first-order chi connectivity index (χ1) is 12.8. The van der Waals surface area contributed by atoms with Gasteiger partial charge in [0.25, 0.3) is 0 Å². The van der Waals surface area contributed by atoms with Crippen molar-refractivity contribution in [3.63, 3.8) is 0 Å². The van der Waals surface area contributed by atoms with E-state index in [0.29, 0.717) is 0 Å². The third kappa shape index (κ3) is 2.44. The Bertz CT molecular complexity index is 1240. The normalized spacial score (nSPS) is 11.3. The van der Waals surface area contributed by atoms with Gasteiger partial charge in [-0.1, -0.05) is 96.5 Å². The molecular formula is C24H15ClS. The molecule has 2 heteroatoms. The van der Waals surface area contributed by atoms with Gasteiger partial charge in [-0.2, -0.15) is 0 Å². The molecule has 0 N–H and O–H groups in total. The summed E-state index contributed by atoms with van der Waals surface area (Å²) < 4.78 is 2.62. The van der Waals surface area contributed by atoms with Crippen LogP contribution in [0.5, 0.6) is 0 Å². The average Bonchev–Trinajstić information content (AvgIpc) is 3.08. The molecule has 0 spiro atoms. The van der Waals surface area contributed by atoms with Crippen LogP contribution in [-0.2, 0) is 0 Å². The van der Waals surface area contributed by atoms with Gasteiger partial charge in [-0.05, 0) is 17.2 Å². The highest BCUT2D eigenvalue weighted by Crippen LogP contribution is 2.44. The zero-order valence-corrected chi connectivity index (χ0v) is 15.5. The Hall–Kier alpha value is -2.61. The smallest absolute Gasteiger partial charge is 0.0484 e. The molecule has 0 aliphatic heterocycles. The lowest BCUT2D eigenvalue weighted by molar-refractivity contribution is 1.67. The summed E-state index contributed by atoms with van der Waals surface area (Å²) in [6.07, 6.45) is 0.